The van der Waals surface area contributed by atoms with E-state index in [9.17, 15) is 18.3 Å². The normalized spacial score (nSPS) is 19.8. The number of aliphatic hydroxyl groups excluding tert-OH is 1. The average molecular weight is 435 g/mol. The van der Waals surface area contributed by atoms with Gasteiger partial charge in [-0.05, 0) is 13.0 Å². The summed E-state index contributed by atoms with van der Waals surface area (Å²) in [6.07, 6.45) is -0.623. The van der Waals surface area contributed by atoms with Crippen molar-refractivity contribution in [1.82, 2.24) is 14.9 Å². The fourth-order valence-corrected chi connectivity index (χ4v) is 3.88. The lowest BCUT2D eigenvalue weighted by Crippen LogP contribution is -2.46. The summed E-state index contributed by atoms with van der Waals surface area (Å²) in [5.41, 5.74) is 0.809. The predicted octanol–water partition coefficient (Wildman–Crippen LogP) is 3.17. The topological polar surface area (TPSA) is 73.8 Å². The lowest BCUT2D eigenvalue weighted by atomic mass is 10.0. The molecule has 2 aliphatic heterocycles. The van der Waals surface area contributed by atoms with Crippen molar-refractivity contribution >= 4 is 17.7 Å². The van der Waals surface area contributed by atoms with Crippen LogP contribution in [0, 0.1) is 5.82 Å². The number of nitrogens with zero attached hydrogens (tertiary/aromatic N) is 4. The summed E-state index contributed by atoms with van der Waals surface area (Å²) < 4.78 is 46.2. The molecule has 10 heteroatoms. The number of anilines is 2. The molecule has 1 saturated heterocycles. The molecule has 0 amide bonds. The Labute approximate surface area is 178 Å². The second-order valence-electron chi connectivity index (χ2n) is 7.53. The third-order valence-electron chi connectivity index (χ3n) is 5.61. The highest BCUT2D eigenvalue weighted by molar-refractivity contribution is 5.78. The Morgan fingerprint density at radius 3 is 2.61 bits per heavy atom. The molecule has 7 nitrogen and oxygen atoms in total. The first kappa shape index (κ1) is 21.4. The molecule has 2 aromatic rings. The van der Waals surface area contributed by atoms with Gasteiger partial charge in [-0.1, -0.05) is 18.2 Å². The maximum absolute atomic E-state index is 14.6. The van der Waals surface area contributed by atoms with Crippen LogP contribution in [0.4, 0.5) is 24.8 Å². The van der Waals surface area contributed by atoms with Gasteiger partial charge in [0.1, 0.15) is 23.8 Å². The smallest absolute Gasteiger partial charge is 0.266 e. The second kappa shape index (κ2) is 8.72. The number of hydrogen-bond donors (Lipinski definition) is 2. The first-order valence-electron chi connectivity index (χ1n) is 10.0. The zero-order valence-electron chi connectivity index (χ0n) is 17.2. The number of fused-ring (bicyclic) bond motifs is 1. The zero-order chi connectivity index (χ0) is 22.1. The number of morpholine rings is 1. The number of hydrogen-bond acceptors (Lipinski definition) is 7. The summed E-state index contributed by atoms with van der Waals surface area (Å²) in [7, 11) is 1.73. The van der Waals surface area contributed by atoms with Crippen molar-refractivity contribution < 1.29 is 23.0 Å². The number of nitrogens with one attached hydrogen (secondary N) is 1. The molecule has 1 aromatic heterocycles. The van der Waals surface area contributed by atoms with E-state index in [1.165, 1.54) is 18.5 Å². The monoisotopic (exact) mass is 435 g/mol. The number of likely N-dealkylation sites (N-methyl/N-ethyl adjacent to an activating group) is 1. The van der Waals surface area contributed by atoms with Crippen LogP contribution in [-0.4, -0.2) is 59.6 Å². The molecule has 0 saturated carbocycles. The molecular formula is C21H24F3N5O2. The summed E-state index contributed by atoms with van der Waals surface area (Å²) >= 11 is 0. The standard InChI is InChI=1S/C21H24F3N5O2/c1-12(13-4-3-5-14(17(13)22)18(23)24)27-19-15-10-16(29-6-8-31-9-7-29)21(30)28(2)20(15)26-11-25-19/h3-5,10-12,18,21,30H,6-9H2,1-2H3,(H,25,26,27)/t12-,21?/m1/s1. The minimum absolute atomic E-state index is 0.117. The Morgan fingerprint density at radius 2 is 1.90 bits per heavy atom. The van der Waals surface area contributed by atoms with Gasteiger partial charge in [0.15, 0.2) is 6.23 Å². The van der Waals surface area contributed by atoms with E-state index in [4.69, 9.17) is 4.74 Å². The van der Waals surface area contributed by atoms with Gasteiger partial charge in [-0.15, -0.1) is 0 Å². The molecule has 2 atom stereocenters. The zero-order valence-corrected chi connectivity index (χ0v) is 17.2. The van der Waals surface area contributed by atoms with E-state index in [-0.39, 0.29) is 5.56 Å². The first-order valence-corrected chi connectivity index (χ1v) is 10.0. The molecule has 2 N–H and O–H groups in total. The highest BCUT2D eigenvalue weighted by atomic mass is 19.3. The molecule has 2 aliphatic rings. The Kier molecular flexibility index (Phi) is 6.01. The SMILES string of the molecule is C[C@@H](Nc1ncnc2c1C=C(N1CCOCC1)C(O)N2C)c1cccc(C(F)F)c1F. The summed E-state index contributed by atoms with van der Waals surface area (Å²) in [6.45, 7) is 4.09. The van der Waals surface area contributed by atoms with Gasteiger partial charge in [-0.25, -0.2) is 23.1 Å². The van der Waals surface area contributed by atoms with E-state index >= 15 is 0 Å². The molecular weight excluding hydrogens is 411 g/mol. The van der Waals surface area contributed by atoms with Crippen molar-refractivity contribution in [3.8, 4) is 0 Å². The molecule has 1 aromatic carbocycles. The van der Waals surface area contributed by atoms with E-state index in [1.807, 2.05) is 11.0 Å². The fraction of sp³-hybridized carbons (Fsp3) is 0.429. The summed E-state index contributed by atoms with van der Waals surface area (Å²) in [4.78, 5) is 12.3. The van der Waals surface area contributed by atoms with Crippen LogP contribution in [0.1, 0.15) is 36.1 Å². The van der Waals surface area contributed by atoms with Gasteiger partial charge in [-0.3, -0.25) is 0 Å². The number of aromatic nitrogens is 2. The van der Waals surface area contributed by atoms with E-state index in [1.54, 1.807) is 18.9 Å². The molecule has 0 spiro atoms. The van der Waals surface area contributed by atoms with Crippen molar-refractivity contribution in [2.45, 2.75) is 25.6 Å². The molecule has 166 valence electrons. The summed E-state index contributed by atoms with van der Waals surface area (Å²) in [5.74, 6) is -0.00242. The maximum Gasteiger partial charge on any atom is 0.266 e. The number of aliphatic hydroxyl groups is 1. The molecule has 4 rings (SSSR count). The fourth-order valence-electron chi connectivity index (χ4n) is 3.88. The third-order valence-corrected chi connectivity index (χ3v) is 5.61. The van der Waals surface area contributed by atoms with Crippen LogP contribution in [0.2, 0.25) is 0 Å². The first-order chi connectivity index (χ1) is 14.9. The van der Waals surface area contributed by atoms with Crippen LogP contribution in [0.25, 0.3) is 6.08 Å². The van der Waals surface area contributed by atoms with Crippen molar-refractivity contribution in [3.63, 3.8) is 0 Å². The van der Waals surface area contributed by atoms with Gasteiger partial charge in [0.2, 0.25) is 0 Å². The largest absolute Gasteiger partial charge is 0.378 e. The van der Waals surface area contributed by atoms with Crippen molar-refractivity contribution in [1.29, 1.82) is 0 Å². The Hall–Kier alpha value is -2.85. The quantitative estimate of drug-likeness (QED) is 0.747. The van der Waals surface area contributed by atoms with Gasteiger partial charge < -0.3 is 25.0 Å². The number of rotatable bonds is 5. The predicted molar refractivity (Wildman–Crippen MR) is 110 cm³/mol. The van der Waals surface area contributed by atoms with Gasteiger partial charge >= 0.3 is 0 Å². The molecule has 3 heterocycles. The molecule has 1 fully saturated rings. The minimum Gasteiger partial charge on any atom is -0.378 e. The minimum atomic E-state index is -2.90. The number of halogens is 3. The molecule has 0 bridgehead atoms. The van der Waals surface area contributed by atoms with Crippen molar-refractivity contribution in [2.24, 2.45) is 0 Å². The number of benzene rings is 1. The highest BCUT2D eigenvalue weighted by Gasteiger charge is 2.31. The lowest BCUT2D eigenvalue weighted by molar-refractivity contribution is 0.0396. The molecule has 31 heavy (non-hydrogen) atoms. The van der Waals surface area contributed by atoms with Crippen LogP contribution in [-0.2, 0) is 4.74 Å². The van der Waals surface area contributed by atoms with Crippen LogP contribution < -0.4 is 10.2 Å². The van der Waals surface area contributed by atoms with Crippen LogP contribution in [0.15, 0.2) is 30.2 Å². The van der Waals surface area contributed by atoms with E-state index < -0.39 is 30.1 Å². The van der Waals surface area contributed by atoms with Crippen molar-refractivity contribution in [3.05, 3.63) is 52.7 Å². The Morgan fingerprint density at radius 1 is 1.19 bits per heavy atom. The van der Waals surface area contributed by atoms with Gasteiger partial charge in [-0.2, -0.15) is 0 Å². The van der Waals surface area contributed by atoms with Gasteiger partial charge in [0, 0.05) is 25.7 Å². The van der Waals surface area contributed by atoms with Gasteiger partial charge in [0.05, 0.1) is 36.1 Å². The second-order valence-corrected chi connectivity index (χ2v) is 7.53. The Bertz CT molecular complexity index is 981. The van der Waals surface area contributed by atoms with Crippen LogP contribution in [0.5, 0.6) is 0 Å². The highest BCUT2D eigenvalue weighted by Crippen LogP contribution is 2.36. The molecule has 1 unspecified atom stereocenters. The van der Waals surface area contributed by atoms with Gasteiger partial charge in [0.25, 0.3) is 6.43 Å². The van der Waals surface area contributed by atoms with Crippen LogP contribution in [0.3, 0.4) is 0 Å². The lowest BCUT2D eigenvalue weighted by Gasteiger charge is -2.39. The third kappa shape index (κ3) is 4.05. The molecule has 0 aliphatic carbocycles. The van der Waals surface area contributed by atoms with E-state index in [2.05, 4.69) is 15.3 Å². The van der Waals surface area contributed by atoms with Crippen LogP contribution >= 0.6 is 0 Å². The number of alkyl halides is 2. The van der Waals surface area contributed by atoms with Crippen molar-refractivity contribution in [2.75, 3.05) is 43.6 Å². The maximum atomic E-state index is 14.6. The summed E-state index contributed by atoms with van der Waals surface area (Å²) in [6, 6.07) is 3.33. The molecule has 0 radical (unpaired) electrons. The summed E-state index contributed by atoms with van der Waals surface area (Å²) in [5, 5.41) is 13.9. The number of ether oxygens (including phenoxy) is 1. The van der Waals surface area contributed by atoms with E-state index in [0.717, 1.165) is 6.07 Å². The Balaban J connectivity index is 1.68. The average Bonchev–Trinajstić information content (AvgIpc) is 2.77. The van der Waals surface area contributed by atoms with E-state index in [0.29, 0.717) is 49.2 Å².